The molecule has 6 nitrogen and oxygen atoms in total. The molecule has 27 heavy (non-hydrogen) atoms. The Kier molecular flexibility index (Phi) is 4.94. The maximum atomic E-state index is 13.3. The van der Waals surface area contributed by atoms with Gasteiger partial charge in [0.1, 0.15) is 0 Å². The van der Waals surface area contributed by atoms with Crippen LogP contribution in [0.4, 0.5) is 19.0 Å². The third-order valence-corrected chi connectivity index (χ3v) is 4.76. The van der Waals surface area contributed by atoms with E-state index in [1.807, 2.05) is 31.2 Å². The van der Waals surface area contributed by atoms with Crippen molar-refractivity contribution in [2.45, 2.75) is 24.8 Å². The monoisotopic (exact) mass is 397 g/mol. The topological polar surface area (TPSA) is 63.9 Å². The highest BCUT2D eigenvalue weighted by atomic mass is 32.2. The van der Waals surface area contributed by atoms with Gasteiger partial charge in [-0.15, -0.1) is 0 Å². The minimum Gasteiger partial charge on any atom is -0.361 e. The molecule has 0 radical (unpaired) electrons. The minimum atomic E-state index is -4.70. The normalized spacial score (nSPS) is 13.1. The fraction of sp³-hybridized carbons (Fsp3) is 0.353. The number of halogens is 3. The summed E-state index contributed by atoms with van der Waals surface area (Å²) in [5.74, 6) is -1.22. The largest absolute Gasteiger partial charge is 0.451 e. The molecule has 1 aromatic carbocycles. The molecule has 0 aliphatic carbocycles. The molecular weight excluding hydrogens is 379 g/mol. The highest BCUT2D eigenvalue weighted by Crippen LogP contribution is 2.32. The zero-order valence-corrected chi connectivity index (χ0v) is 16.0. The fourth-order valence-corrected chi connectivity index (χ4v) is 3.32. The van der Waals surface area contributed by atoms with Gasteiger partial charge in [-0.2, -0.15) is 13.2 Å². The Morgan fingerprint density at radius 3 is 2.26 bits per heavy atom. The summed E-state index contributed by atoms with van der Waals surface area (Å²) >= 11 is 0. The molecule has 0 saturated carbocycles. The van der Waals surface area contributed by atoms with Gasteiger partial charge in [0.2, 0.25) is 11.0 Å². The number of alkyl halides is 3. The van der Waals surface area contributed by atoms with Crippen molar-refractivity contribution in [1.29, 1.82) is 0 Å². The van der Waals surface area contributed by atoms with Gasteiger partial charge in [0.15, 0.2) is 17.0 Å². The van der Waals surface area contributed by atoms with E-state index >= 15 is 0 Å². The standard InChI is InChI=1S/C17H18F3N5OS/c1-10-5-7-11(8-6-10)9-25-14-12(21-16(25)27(4)26)13(24(2)3)22-15(23-14)17(18,19)20/h5-8H,9H2,1-4H3. The zero-order valence-electron chi connectivity index (χ0n) is 15.2. The van der Waals surface area contributed by atoms with Crippen LogP contribution in [0.3, 0.4) is 0 Å². The second-order valence-electron chi connectivity index (χ2n) is 6.36. The Hall–Kier alpha value is -2.49. The van der Waals surface area contributed by atoms with E-state index in [1.54, 1.807) is 14.1 Å². The Labute approximate surface area is 156 Å². The lowest BCUT2D eigenvalue weighted by molar-refractivity contribution is -0.144. The Morgan fingerprint density at radius 1 is 1.11 bits per heavy atom. The van der Waals surface area contributed by atoms with E-state index in [-0.39, 0.29) is 28.7 Å². The van der Waals surface area contributed by atoms with Gasteiger partial charge in [-0.3, -0.25) is 8.78 Å². The van der Waals surface area contributed by atoms with E-state index in [0.29, 0.717) is 0 Å². The first-order valence-corrected chi connectivity index (χ1v) is 9.55. The third-order valence-electron chi connectivity index (χ3n) is 3.94. The Morgan fingerprint density at radius 2 is 1.74 bits per heavy atom. The van der Waals surface area contributed by atoms with Crippen LogP contribution in [-0.4, -0.2) is 44.1 Å². The molecule has 3 aromatic rings. The lowest BCUT2D eigenvalue weighted by atomic mass is 10.1. The molecule has 0 spiro atoms. The SMILES string of the molecule is Cc1ccc(Cn2c(S(C)=O)nc3c(N(C)C)nc(C(F)(F)F)nc32)cc1. The molecule has 0 N–H and O–H groups in total. The van der Waals surface area contributed by atoms with Crippen LogP contribution in [0.15, 0.2) is 29.4 Å². The van der Waals surface area contributed by atoms with Gasteiger partial charge in [0.05, 0.1) is 17.3 Å². The van der Waals surface area contributed by atoms with Gasteiger partial charge in [-0.25, -0.2) is 15.0 Å². The summed E-state index contributed by atoms with van der Waals surface area (Å²) in [5, 5.41) is 0.155. The van der Waals surface area contributed by atoms with Crippen molar-refractivity contribution in [3.05, 3.63) is 41.2 Å². The maximum absolute atomic E-state index is 13.3. The number of hydrogen-bond acceptors (Lipinski definition) is 5. The van der Waals surface area contributed by atoms with Crippen molar-refractivity contribution in [2.24, 2.45) is 0 Å². The van der Waals surface area contributed by atoms with Crippen molar-refractivity contribution < 1.29 is 17.4 Å². The summed E-state index contributed by atoms with van der Waals surface area (Å²) in [5.41, 5.74) is 2.09. The number of fused-ring (bicyclic) bond motifs is 1. The van der Waals surface area contributed by atoms with Crippen LogP contribution in [0.25, 0.3) is 11.2 Å². The molecule has 1 unspecified atom stereocenters. The molecule has 0 aliphatic rings. The van der Waals surface area contributed by atoms with Gasteiger partial charge in [0.25, 0.3) is 0 Å². The number of rotatable bonds is 4. The van der Waals surface area contributed by atoms with Gasteiger partial charge in [0, 0.05) is 20.4 Å². The summed E-state index contributed by atoms with van der Waals surface area (Å²) in [6.07, 6.45) is -3.27. The number of aryl methyl sites for hydroxylation is 1. The van der Waals surface area contributed by atoms with E-state index < -0.39 is 22.8 Å². The van der Waals surface area contributed by atoms with Crippen molar-refractivity contribution in [3.8, 4) is 0 Å². The molecular formula is C17H18F3N5OS. The fourth-order valence-electron chi connectivity index (χ4n) is 2.64. The number of imidazole rings is 1. The van der Waals surface area contributed by atoms with Crippen LogP contribution in [0.2, 0.25) is 0 Å². The smallest absolute Gasteiger partial charge is 0.361 e. The first-order valence-electron chi connectivity index (χ1n) is 7.99. The van der Waals surface area contributed by atoms with Crippen LogP contribution in [0.1, 0.15) is 17.0 Å². The number of aromatic nitrogens is 4. The Balaban J connectivity index is 2.29. The summed E-state index contributed by atoms with van der Waals surface area (Å²) in [6.45, 7) is 2.14. The summed E-state index contributed by atoms with van der Waals surface area (Å²) in [6, 6.07) is 7.53. The van der Waals surface area contributed by atoms with Crippen LogP contribution in [-0.2, 0) is 23.5 Å². The molecule has 3 rings (SSSR count). The van der Waals surface area contributed by atoms with Crippen LogP contribution < -0.4 is 4.90 Å². The quantitative estimate of drug-likeness (QED) is 0.677. The molecule has 0 amide bonds. The van der Waals surface area contributed by atoms with E-state index in [4.69, 9.17) is 0 Å². The highest BCUT2D eigenvalue weighted by Gasteiger charge is 2.37. The Bertz CT molecular complexity index is 1010. The molecule has 2 heterocycles. The van der Waals surface area contributed by atoms with E-state index in [0.717, 1.165) is 11.1 Å². The third kappa shape index (κ3) is 3.80. The van der Waals surface area contributed by atoms with Crippen molar-refractivity contribution >= 4 is 27.8 Å². The summed E-state index contributed by atoms with van der Waals surface area (Å²) in [7, 11) is 1.63. The van der Waals surface area contributed by atoms with Gasteiger partial charge < -0.3 is 4.90 Å². The van der Waals surface area contributed by atoms with Crippen LogP contribution >= 0.6 is 0 Å². The lowest BCUT2D eigenvalue weighted by Gasteiger charge is -2.14. The average molecular weight is 397 g/mol. The molecule has 10 heteroatoms. The second-order valence-corrected chi connectivity index (χ2v) is 7.63. The van der Waals surface area contributed by atoms with Gasteiger partial charge in [-0.1, -0.05) is 29.8 Å². The molecule has 0 aliphatic heterocycles. The number of nitrogens with zero attached hydrogens (tertiary/aromatic N) is 5. The molecule has 144 valence electrons. The first kappa shape index (κ1) is 19.3. The van der Waals surface area contributed by atoms with Crippen LogP contribution in [0.5, 0.6) is 0 Å². The predicted molar refractivity (Wildman–Crippen MR) is 97.3 cm³/mol. The molecule has 0 saturated heterocycles. The van der Waals surface area contributed by atoms with E-state index in [2.05, 4.69) is 15.0 Å². The molecule has 0 bridgehead atoms. The van der Waals surface area contributed by atoms with E-state index in [1.165, 1.54) is 15.7 Å². The second kappa shape index (κ2) is 6.91. The molecule has 1 atom stereocenters. The van der Waals surface area contributed by atoms with Crippen molar-refractivity contribution in [2.75, 3.05) is 25.3 Å². The number of hydrogen-bond donors (Lipinski definition) is 0. The summed E-state index contributed by atoms with van der Waals surface area (Å²) in [4.78, 5) is 13.1. The number of benzene rings is 1. The molecule has 0 fully saturated rings. The highest BCUT2D eigenvalue weighted by molar-refractivity contribution is 7.84. The minimum absolute atomic E-state index is 0.00630. The predicted octanol–water partition coefficient (Wildman–Crippen LogP) is 3.01. The average Bonchev–Trinajstić information content (AvgIpc) is 2.94. The first-order chi connectivity index (χ1) is 12.6. The van der Waals surface area contributed by atoms with Gasteiger partial charge >= 0.3 is 6.18 Å². The van der Waals surface area contributed by atoms with Crippen molar-refractivity contribution in [3.63, 3.8) is 0 Å². The van der Waals surface area contributed by atoms with Gasteiger partial charge in [-0.05, 0) is 12.5 Å². The van der Waals surface area contributed by atoms with Crippen molar-refractivity contribution in [1.82, 2.24) is 19.5 Å². The zero-order chi connectivity index (χ0) is 19.9. The van der Waals surface area contributed by atoms with E-state index in [9.17, 15) is 17.4 Å². The number of anilines is 1. The lowest BCUT2D eigenvalue weighted by Crippen LogP contribution is -2.18. The maximum Gasteiger partial charge on any atom is 0.451 e. The summed E-state index contributed by atoms with van der Waals surface area (Å²) < 4.78 is 53.5. The molecule has 2 aromatic heterocycles. The van der Waals surface area contributed by atoms with Crippen LogP contribution in [0, 0.1) is 6.92 Å².